The van der Waals surface area contributed by atoms with Crippen LogP contribution in [0, 0.1) is 0 Å². The normalized spacial score (nSPS) is 12.7. The molecule has 2 aromatic rings. The molecule has 2 rings (SSSR count). The summed E-state index contributed by atoms with van der Waals surface area (Å²) in [6.45, 7) is -0.635. The van der Waals surface area contributed by atoms with Crippen molar-refractivity contribution in [2.24, 2.45) is 0 Å². The maximum Gasteiger partial charge on any atom is 0.430 e. The quantitative estimate of drug-likeness (QED) is 0.337. The second kappa shape index (κ2) is 7.27. The molecular formula is C17H13BrF4O. The van der Waals surface area contributed by atoms with E-state index in [0.29, 0.717) is 11.1 Å². The summed E-state index contributed by atoms with van der Waals surface area (Å²) in [5.41, 5.74) is 1.93. The average molecular weight is 389 g/mol. The van der Waals surface area contributed by atoms with Crippen molar-refractivity contribution in [2.45, 2.75) is 17.5 Å². The zero-order valence-electron chi connectivity index (χ0n) is 11.9. The van der Waals surface area contributed by atoms with Crippen molar-refractivity contribution in [1.82, 2.24) is 0 Å². The molecule has 1 nitrogen and oxygen atoms in total. The van der Waals surface area contributed by atoms with E-state index in [1.807, 2.05) is 30.3 Å². The van der Waals surface area contributed by atoms with Crippen molar-refractivity contribution in [1.29, 1.82) is 0 Å². The van der Waals surface area contributed by atoms with Gasteiger partial charge >= 0.3 is 10.9 Å². The third kappa shape index (κ3) is 4.91. The van der Waals surface area contributed by atoms with Crippen molar-refractivity contribution in [3.05, 3.63) is 71.3 Å². The molecule has 0 spiro atoms. The molecular weight excluding hydrogens is 376 g/mol. The molecule has 122 valence electrons. The van der Waals surface area contributed by atoms with Crippen LogP contribution in [0.15, 0.2) is 54.6 Å². The summed E-state index contributed by atoms with van der Waals surface area (Å²) in [6, 6.07) is 16.0. The highest BCUT2D eigenvalue weighted by molar-refractivity contribution is 9.10. The zero-order chi connectivity index (χ0) is 16.9. The standard InChI is InChI=1S/C17H13BrF4O/c18-16(19,20)17(21,22)23-12-15-9-5-4-8-14(15)11-10-13-6-2-1-3-7-13/h1-11H,12H2/b11-10+. The number of hydrogen-bond donors (Lipinski definition) is 0. The Balaban J connectivity index is 2.14. The van der Waals surface area contributed by atoms with E-state index in [1.54, 1.807) is 52.3 Å². The van der Waals surface area contributed by atoms with Crippen LogP contribution in [0.5, 0.6) is 0 Å². The molecule has 0 unspecified atom stereocenters. The van der Waals surface area contributed by atoms with Crippen LogP contribution in [-0.2, 0) is 11.3 Å². The van der Waals surface area contributed by atoms with E-state index in [1.165, 1.54) is 0 Å². The minimum absolute atomic E-state index is 0.385. The lowest BCUT2D eigenvalue weighted by Crippen LogP contribution is -2.37. The fourth-order valence-electron chi connectivity index (χ4n) is 1.83. The lowest BCUT2D eigenvalue weighted by molar-refractivity contribution is -0.316. The topological polar surface area (TPSA) is 9.23 Å². The van der Waals surface area contributed by atoms with Gasteiger partial charge in [0.2, 0.25) is 0 Å². The van der Waals surface area contributed by atoms with Gasteiger partial charge in [-0.05, 0) is 16.7 Å². The first-order chi connectivity index (χ1) is 10.8. The van der Waals surface area contributed by atoms with Gasteiger partial charge in [0.1, 0.15) is 0 Å². The molecule has 0 fully saturated rings. The fourth-order valence-corrected chi connectivity index (χ4v) is 1.94. The van der Waals surface area contributed by atoms with E-state index in [0.717, 1.165) is 5.56 Å². The molecule has 0 amide bonds. The number of rotatable bonds is 6. The molecule has 0 aromatic heterocycles. The van der Waals surface area contributed by atoms with E-state index in [-0.39, 0.29) is 0 Å². The predicted octanol–water partition coefficient (Wildman–Crippen LogP) is 5.95. The molecule has 0 aliphatic carbocycles. The van der Waals surface area contributed by atoms with Gasteiger partial charge in [0.15, 0.2) is 0 Å². The number of halogens is 5. The molecule has 0 saturated carbocycles. The first kappa shape index (κ1) is 17.7. The first-order valence-electron chi connectivity index (χ1n) is 6.69. The largest absolute Gasteiger partial charge is 0.430 e. The Kier molecular flexibility index (Phi) is 5.59. The van der Waals surface area contributed by atoms with Gasteiger partial charge < -0.3 is 4.74 Å². The minimum Gasteiger partial charge on any atom is -0.310 e. The van der Waals surface area contributed by atoms with Crippen LogP contribution in [0.25, 0.3) is 12.2 Å². The van der Waals surface area contributed by atoms with Crippen LogP contribution >= 0.6 is 15.9 Å². The zero-order valence-corrected chi connectivity index (χ0v) is 13.4. The van der Waals surface area contributed by atoms with Crippen LogP contribution in [0.4, 0.5) is 17.6 Å². The number of benzene rings is 2. The second-order valence-electron chi connectivity index (χ2n) is 4.75. The summed E-state index contributed by atoms with van der Waals surface area (Å²) in [6.07, 6.45) is -1.07. The maximum atomic E-state index is 13.2. The Labute approximate surface area is 139 Å². The highest BCUT2D eigenvalue weighted by Gasteiger charge is 2.56. The molecule has 2 aromatic carbocycles. The Morgan fingerprint density at radius 1 is 0.870 bits per heavy atom. The summed E-state index contributed by atoms with van der Waals surface area (Å²) < 4.78 is 55.8. The number of ether oxygens (including phenoxy) is 1. The lowest BCUT2D eigenvalue weighted by Gasteiger charge is -2.21. The molecule has 0 radical (unpaired) electrons. The first-order valence-corrected chi connectivity index (χ1v) is 7.48. The van der Waals surface area contributed by atoms with Crippen LogP contribution < -0.4 is 0 Å². The molecule has 0 atom stereocenters. The van der Waals surface area contributed by atoms with E-state index in [9.17, 15) is 17.6 Å². The third-order valence-electron chi connectivity index (χ3n) is 3.05. The molecule has 0 bridgehead atoms. The SMILES string of the molecule is FC(F)(Br)C(F)(F)OCc1ccccc1/C=C/c1ccccc1. The van der Waals surface area contributed by atoms with Gasteiger partial charge in [-0.25, -0.2) is 0 Å². The van der Waals surface area contributed by atoms with Gasteiger partial charge in [0.05, 0.1) is 6.61 Å². The van der Waals surface area contributed by atoms with Gasteiger partial charge in [-0.1, -0.05) is 66.7 Å². The Hall–Kier alpha value is -1.66. The molecule has 0 saturated heterocycles. The minimum atomic E-state index is -4.59. The third-order valence-corrected chi connectivity index (χ3v) is 3.51. The van der Waals surface area contributed by atoms with Crippen LogP contribution in [0.1, 0.15) is 16.7 Å². The van der Waals surface area contributed by atoms with Crippen molar-refractivity contribution in [2.75, 3.05) is 0 Å². The van der Waals surface area contributed by atoms with Gasteiger partial charge in [0, 0.05) is 15.9 Å². The second-order valence-corrected chi connectivity index (χ2v) is 5.74. The van der Waals surface area contributed by atoms with E-state index < -0.39 is 17.5 Å². The summed E-state index contributed by atoms with van der Waals surface area (Å²) in [7, 11) is 0. The average Bonchev–Trinajstić information content (AvgIpc) is 2.51. The summed E-state index contributed by atoms with van der Waals surface area (Å²) in [4.78, 5) is -4.42. The molecule has 6 heteroatoms. The van der Waals surface area contributed by atoms with E-state index >= 15 is 0 Å². The number of hydrogen-bond acceptors (Lipinski definition) is 1. The highest BCUT2D eigenvalue weighted by atomic mass is 79.9. The van der Waals surface area contributed by atoms with Crippen molar-refractivity contribution >= 4 is 28.1 Å². The predicted molar refractivity (Wildman–Crippen MR) is 85.4 cm³/mol. The van der Waals surface area contributed by atoms with Crippen LogP contribution in [0.2, 0.25) is 0 Å². The van der Waals surface area contributed by atoms with Crippen molar-refractivity contribution in [3.8, 4) is 0 Å². The van der Waals surface area contributed by atoms with E-state index in [4.69, 9.17) is 0 Å². The highest BCUT2D eigenvalue weighted by Crippen LogP contribution is 2.40. The monoisotopic (exact) mass is 388 g/mol. The van der Waals surface area contributed by atoms with Crippen LogP contribution in [0.3, 0.4) is 0 Å². The smallest absolute Gasteiger partial charge is 0.310 e. The van der Waals surface area contributed by atoms with Crippen molar-refractivity contribution in [3.63, 3.8) is 0 Å². The van der Waals surface area contributed by atoms with Gasteiger partial charge in [0.25, 0.3) is 0 Å². The molecule has 0 heterocycles. The Bertz CT molecular complexity index is 666. The number of alkyl halides is 5. The summed E-state index contributed by atoms with van der Waals surface area (Å²) in [5, 5.41) is 0. The van der Waals surface area contributed by atoms with Crippen molar-refractivity contribution < 1.29 is 22.3 Å². The summed E-state index contributed by atoms with van der Waals surface area (Å²) >= 11 is 1.63. The molecule has 23 heavy (non-hydrogen) atoms. The van der Waals surface area contributed by atoms with E-state index in [2.05, 4.69) is 4.74 Å². The maximum absolute atomic E-state index is 13.2. The Morgan fingerprint density at radius 3 is 2.13 bits per heavy atom. The van der Waals surface area contributed by atoms with Gasteiger partial charge in [-0.2, -0.15) is 17.6 Å². The Morgan fingerprint density at radius 2 is 1.48 bits per heavy atom. The molecule has 0 N–H and O–H groups in total. The van der Waals surface area contributed by atoms with Gasteiger partial charge in [-0.3, -0.25) is 0 Å². The molecule has 0 aliphatic heterocycles. The lowest BCUT2D eigenvalue weighted by atomic mass is 10.1. The molecule has 0 aliphatic rings. The summed E-state index contributed by atoms with van der Waals surface area (Å²) in [5.74, 6) is 0. The fraction of sp³-hybridized carbons (Fsp3) is 0.176. The van der Waals surface area contributed by atoms with Crippen LogP contribution in [-0.4, -0.2) is 10.9 Å². The van der Waals surface area contributed by atoms with Gasteiger partial charge in [-0.15, -0.1) is 0 Å².